The third kappa shape index (κ3) is 4.70. The van der Waals surface area contributed by atoms with Gasteiger partial charge in [-0.1, -0.05) is 6.92 Å². The number of aryl methyl sites for hydroxylation is 1. The molecule has 0 aliphatic heterocycles. The Morgan fingerprint density at radius 2 is 1.69 bits per heavy atom. The average molecular weight is 378 g/mol. The maximum absolute atomic E-state index is 12.2. The Balaban J connectivity index is 2.00. The molecule has 0 fully saturated rings. The fourth-order valence-corrected chi connectivity index (χ4v) is 3.48. The molecular weight excluding hydrogens is 356 g/mol. The van der Waals surface area contributed by atoms with Crippen LogP contribution in [0.4, 0.5) is 0 Å². The number of nitrogens with one attached hydrogen (secondary N) is 3. The summed E-state index contributed by atoms with van der Waals surface area (Å²) in [5, 5.41) is 0. The molecule has 140 valence electrons. The van der Waals surface area contributed by atoms with Crippen LogP contribution in [0.25, 0.3) is 0 Å². The van der Waals surface area contributed by atoms with E-state index in [2.05, 4.69) is 15.6 Å². The first-order valence-corrected chi connectivity index (χ1v) is 9.57. The minimum atomic E-state index is -3.63. The summed E-state index contributed by atoms with van der Waals surface area (Å²) in [6, 6.07) is 8.60. The first kappa shape index (κ1) is 19.7. The molecule has 8 nitrogen and oxygen atoms in total. The third-order valence-corrected chi connectivity index (χ3v) is 5.47. The van der Waals surface area contributed by atoms with E-state index in [4.69, 9.17) is 0 Å². The number of carbonyl (C=O) groups is 2. The van der Waals surface area contributed by atoms with Gasteiger partial charge in [-0.25, -0.2) is 13.1 Å². The smallest absolute Gasteiger partial charge is 0.286 e. The molecule has 0 aliphatic carbocycles. The lowest BCUT2D eigenvalue weighted by Crippen LogP contribution is -2.42. The van der Waals surface area contributed by atoms with Gasteiger partial charge >= 0.3 is 0 Å². The quantitative estimate of drug-likeness (QED) is 0.656. The summed E-state index contributed by atoms with van der Waals surface area (Å²) in [4.78, 5) is 24.1. The number of nitrogens with zero attached hydrogens (tertiary/aromatic N) is 1. The number of hydrazine groups is 1. The molecule has 3 N–H and O–H groups in total. The summed E-state index contributed by atoms with van der Waals surface area (Å²) in [6.07, 6.45) is 2.38. The molecule has 2 rings (SSSR count). The van der Waals surface area contributed by atoms with E-state index in [-0.39, 0.29) is 16.5 Å². The van der Waals surface area contributed by atoms with Crippen molar-refractivity contribution in [1.82, 2.24) is 20.1 Å². The minimum Gasteiger partial charge on any atom is -0.347 e. The molecular formula is C17H22N4O4S. The minimum absolute atomic E-state index is 0.0715. The molecule has 1 aromatic carbocycles. The van der Waals surface area contributed by atoms with Crippen molar-refractivity contribution in [2.75, 3.05) is 0 Å². The van der Waals surface area contributed by atoms with E-state index in [1.54, 1.807) is 36.9 Å². The zero-order valence-corrected chi connectivity index (χ0v) is 15.6. The summed E-state index contributed by atoms with van der Waals surface area (Å²) in [5.74, 6) is -1.01. The van der Waals surface area contributed by atoms with Gasteiger partial charge in [-0.3, -0.25) is 20.4 Å². The topological polar surface area (TPSA) is 109 Å². The molecule has 26 heavy (non-hydrogen) atoms. The zero-order valence-electron chi connectivity index (χ0n) is 14.8. The number of sulfonamides is 1. The van der Waals surface area contributed by atoms with Gasteiger partial charge in [-0.05, 0) is 49.7 Å². The molecule has 0 unspecified atom stereocenters. The second-order valence-corrected chi connectivity index (χ2v) is 7.58. The van der Waals surface area contributed by atoms with Crippen LogP contribution in [0.2, 0.25) is 0 Å². The normalized spacial score (nSPS) is 12.4. The van der Waals surface area contributed by atoms with Crippen LogP contribution >= 0.6 is 0 Å². The van der Waals surface area contributed by atoms with Crippen molar-refractivity contribution in [2.45, 2.75) is 31.2 Å². The van der Waals surface area contributed by atoms with Crippen molar-refractivity contribution in [3.8, 4) is 0 Å². The van der Waals surface area contributed by atoms with Crippen molar-refractivity contribution >= 4 is 21.8 Å². The van der Waals surface area contributed by atoms with E-state index in [0.717, 1.165) is 0 Å². The molecule has 0 aliphatic rings. The number of aromatic nitrogens is 1. The molecule has 1 aromatic heterocycles. The molecule has 0 radical (unpaired) electrons. The van der Waals surface area contributed by atoms with E-state index in [1.807, 2.05) is 6.92 Å². The summed E-state index contributed by atoms with van der Waals surface area (Å²) >= 11 is 0. The van der Waals surface area contributed by atoms with Gasteiger partial charge in [0.05, 0.1) is 4.90 Å². The first-order valence-electron chi connectivity index (χ1n) is 8.09. The van der Waals surface area contributed by atoms with Crippen molar-refractivity contribution in [2.24, 2.45) is 7.05 Å². The Morgan fingerprint density at radius 1 is 1.08 bits per heavy atom. The van der Waals surface area contributed by atoms with Crippen LogP contribution in [-0.2, 0) is 17.1 Å². The molecule has 2 amide bonds. The van der Waals surface area contributed by atoms with Crippen LogP contribution in [0.5, 0.6) is 0 Å². The van der Waals surface area contributed by atoms with Crippen LogP contribution in [0.1, 0.15) is 41.1 Å². The Labute approximate surface area is 152 Å². The maximum atomic E-state index is 12.2. The summed E-state index contributed by atoms with van der Waals surface area (Å²) in [5.41, 5.74) is 5.22. The monoisotopic (exact) mass is 378 g/mol. The lowest BCUT2D eigenvalue weighted by Gasteiger charge is -2.12. The number of hydrogen-bond donors (Lipinski definition) is 3. The highest BCUT2D eigenvalue weighted by Gasteiger charge is 2.17. The van der Waals surface area contributed by atoms with Gasteiger partial charge in [0.2, 0.25) is 10.0 Å². The predicted octanol–water partition coefficient (Wildman–Crippen LogP) is 1.18. The van der Waals surface area contributed by atoms with Crippen molar-refractivity contribution < 1.29 is 18.0 Å². The lowest BCUT2D eigenvalue weighted by molar-refractivity contribution is 0.0842. The maximum Gasteiger partial charge on any atom is 0.286 e. The van der Waals surface area contributed by atoms with Crippen LogP contribution in [0.3, 0.4) is 0 Å². The van der Waals surface area contributed by atoms with Gasteiger partial charge in [0.1, 0.15) is 5.69 Å². The fourth-order valence-electron chi connectivity index (χ4n) is 2.15. The van der Waals surface area contributed by atoms with Crippen molar-refractivity contribution in [3.63, 3.8) is 0 Å². The Hall–Kier alpha value is -2.65. The number of amides is 2. The number of rotatable bonds is 6. The van der Waals surface area contributed by atoms with Crippen molar-refractivity contribution in [3.05, 3.63) is 53.9 Å². The number of carbonyl (C=O) groups excluding carboxylic acids is 2. The standard InChI is InChI=1S/C17H22N4O4S/c1-4-12(2)20-26(24,25)14-9-7-13(8-10-14)16(22)18-19-17(23)15-6-5-11-21(15)3/h5-12,20H,4H2,1-3H3,(H,18,22)(H,19,23)/t12-/m1/s1. The fraction of sp³-hybridized carbons (Fsp3) is 0.294. The molecule has 0 saturated heterocycles. The van der Waals surface area contributed by atoms with Crippen LogP contribution in [0, 0.1) is 0 Å². The Morgan fingerprint density at radius 3 is 2.23 bits per heavy atom. The van der Waals surface area contributed by atoms with Gasteiger partial charge in [0, 0.05) is 24.8 Å². The van der Waals surface area contributed by atoms with Gasteiger partial charge in [-0.15, -0.1) is 0 Å². The zero-order chi connectivity index (χ0) is 19.3. The number of hydrogen-bond acceptors (Lipinski definition) is 4. The summed E-state index contributed by atoms with van der Waals surface area (Å²) < 4.78 is 28.5. The summed E-state index contributed by atoms with van der Waals surface area (Å²) in [7, 11) is -1.92. The molecule has 9 heteroatoms. The van der Waals surface area contributed by atoms with Gasteiger partial charge in [0.25, 0.3) is 11.8 Å². The molecule has 0 spiro atoms. The Bertz CT molecular complexity index is 888. The van der Waals surface area contributed by atoms with Crippen molar-refractivity contribution in [1.29, 1.82) is 0 Å². The van der Waals surface area contributed by atoms with Crippen LogP contribution in [-0.4, -0.2) is 30.8 Å². The van der Waals surface area contributed by atoms with Crippen LogP contribution < -0.4 is 15.6 Å². The largest absolute Gasteiger partial charge is 0.347 e. The van der Waals surface area contributed by atoms with Crippen LogP contribution in [0.15, 0.2) is 47.5 Å². The van der Waals surface area contributed by atoms with Gasteiger partial charge < -0.3 is 4.57 Å². The predicted molar refractivity (Wildman–Crippen MR) is 96.9 cm³/mol. The second kappa shape index (κ2) is 8.15. The molecule has 0 saturated carbocycles. The second-order valence-electron chi connectivity index (χ2n) is 5.87. The highest BCUT2D eigenvalue weighted by Crippen LogP contribution is 2.11. The highest BCUT2D eigenvalue weighted by molar-refractivity contribution is 7.89. The SMILES string of the molecule is CC[C@@H](C)NS(=O)(=O)c1ccc(C(=O)NNC(=O)c2cccn2C)cc1. The van der Waals surface area contributed by atoms with E-state index >= 15 is 0 Å². The molecule has 1 heterocycles. The lowest BCUT2D eigenvalue weighted by atomic mass is 10.2. The van der Waals surface area contributed by atoms with E-state index < -0.39 is 21.8 Å². The molecule has 1 atom stereocenters. The molecule has 0 bridgehead atoms. The first-order chi connectivity index (χ1) is 12.2. The Kier molecular flexibility index (Phi) is 6.17. The highest BCUT2D eigenvalue weighted by atomic mass is 32.2. The molecule has 2 aromatic rings. The third-order valence-electron chi connectivity index (χ3n) is 3.86. The number of benzene rings is 1. The van der Waals surface area contributed by atoms with E-state index in [0.29, 0.717) is 12.1 Å². The van der Waals surface area contributed by atoms with E-state index in [1.165, 1.54) is 24.3 Å². The summed E-state index contributed by atoms with van der Waals surface area (Å²) in [6.45, 7) is 3.65. The van der Waals surface area contributed by atoms with E-state index in [9.17, 15) is 18.0 Å². The average Bonchev–Trinajstić information content (AvgIpc) is 3.05. The van der Waals surface area contributed by atoms with Gasteiger partial charge in [-0.2, -0.15) is 0 Å². The van der Waals surface area contributed by atoms with Gasteiger partial charge in [0.15, 0.2) is 0 Å².